The largest absolute Gasteiger partial charge is 1.04 e. The molecule has 10 heteroatoms. The topological polar surface area (TPSA) is 78.0 Å². The van der Waals surface area contributed by atoms with Gasteiger partial charge in [0.25, 0.3) is 11.6 Å². The van der Waals surface area contributed by atoms with Crippen LogP contribution in [-0.4, -0.2) is 25.5 Å². The average molecular weight is 606 g/mol. The Labute approximate surface area is 264 Å². The molecular formula is C36H24B2O8. The van der Waals surface area contributed by atoms with Crippen molar-refractivity contribution in [2.45, 2.75) is 0 Å². The normalized spacial score (nSPS) is 17.7. The predicted octanol–water partition coefficient (Wildman–Crippen LogP) is 7.08. The van der Waals surface area contributed by atoms with Gasteiger partial charge in [-0.05, 0) is 48.5 Å². The molecule has 5 aromatic rings. The summed E-state index contributed by atoms with van der Waals surface area (Å²) < 4.78 is 49.9. The van der Waals surface area contributed by atoms with Crippen LogP contribution < -0.4 is 18.6 Å². The van der Waals surface area contributed by atoms with E-state index >= 15 is 0 Å². The van der Waals surface area contributed by atoms with Crippen molar-refractivity contribution in [3.05, 3.63) is 168 Å². The maximum Gasteiger partial charge on any atom is 1.04 e. The summed E-state index contributed by atoms with van der Waals surface area (Å²) in [4.78, 5) is 0. The van der Waals surface area contributed by atoms with Crippen molar-refractivity contribution in [2.75, 3.05) is 0 Å². The van der Waals surface area contributed by atoms with Crippen LogP contribution in [-0.2, 0) is 9.31 Å². The predicted molar refractivity (Wildman–Crippen MR) is 173 cm³/mol. The van der Waals surface area contributed by atoms with Crippen molar-refractivity contribution in [1.29, 1.82) is 0 Å². The van der Waals surface area contributed by atoms with Gasteiger partial charge in [0.2, 0.25) is 0 Å². The molecular weight excluding hydrogens is 582 g/mol. The summed E-state index contributed by atoms with van der Waals surface area (Å²) in [7, 11) is 0. The van der Waals surface area contributed by atoms with Crippen molar-refractivity contribution in [1.82, 2.24) is 0 Å². The van der Waals surface area contributed by atoms with Crippen LogP contribution in [0.3, 0.4) is 0 Å². The first-order chi connectivity index (χ1) is 22.6. The summed E-state index contributed by atoms with van der Waals surface area (Å²) >= 11 is 0. The van der Waals surface area contributed by atoms with Crippen molar-refractivity contribution >= 4 is 37.0 Å². The lowest BCUT2D eigenvalue weighted by Gasteiger charge is -2.27. The highest BCUT2D eigenvalue weighted by atomic mass is 16.9. The lowest BCUT2D eigenvalue weighted by Crippen LogP contribution is -2.49. The van der Waals surface area contributed by atoms with E-state index in [2.05, 4.69) is 0 Å². The molecule has 4 heterocycles. The van der Waals surface area contributed by atoms with Crippen molar-refractivity contribution < 1.29 is 36.6 Å². The van der Waals surface area contributed by atoms with E-state index in [0.29, 0.717) is 46.1 Å². The monoisotopic (exact) mass is 606 g/mol. The molecule has 8 nitrogen and oxygen atoms in total. The van der Waals surface area contributed by atoms with Crippen LogP contribution in [0.15, 0.2) is 146 Å². The second-order valence-electron chi connectivity index (χ2n) is 11.0. The molecule has 0 N–H and O–H groups in total. The zero-order chi connectivity index (χ0) is 30.6. The van der Waals surface area contributed by atoms with Crippen molar-refractivity contribution in [2.24, 2.45) is 0 Å². The van der Waals surface area contributed by atoms with Gasteiger partial charge in [0, 0.05) is 11.1 Å². The van der Waals surface area contributed by atoms with E-state index in [-0.39, 0.29) is 0 Å². The van der Waals surface area contributed by atoms with Gasteiger partial charge >= 0.3 is 13.9 Å². The van der Waals surface area contributed by atoms with E-state index in [9.17, 15) is 0 Å². The lowest BCUT2D eigenvalue weighted by molar-refractivity contribution is -0.197. The molecule has 0 fully saturated rings. The summed E-state index contributed by atoms with van der Waals surface area (Å²) in [6.07, 6.45) is 3.68. The molecule has 222 valence electrons. The number of rotatable bonds is 4. The molecule has 0 saturated heterocycles. The molecule has 0 amide bonds. The first-order valence-electron chi connectivity index (χ1n) is 15.0. The molecule has 5 aromatic carbocycles. The van der Waals surface area contributed by atoms with Gasteiger partial charge in [-0.15, -0.1) is 0 Å². The second-order valence-corrected chi connectivity index (χ2v) is 11.0. The van der Waals surface area contributed by atoms with Crippen LogP contribution in [0.5, 0.6) is 23.0 Å². The summed E-state index contributed by atoms with van der Waals surface area (Å²) in [6, 6.07) is 42.0. The number of hydrogen-bond donors (Lipinski definition) is 0. The summed E-state index contributed by atoms with van der Waals surface area (Å²) in [5.41, 5.74) is 3.29. The van der Waals surface area contributed by atoms with Gasteiger partial charge in [-0.3, -0.25) is 0 Å². The number of benzene rings is 5. The fourth-order valence-corrected chi connectivity index (χ4v) is 5.81. The number of ketones is 2. The molecule has 0 unspecified atom stereocenters. The van der Waals surface area contributed by atoms with E-state index in [0.717, 1.165) is 22.3 Å². The van der Waals surface area contributed by atoms with Crippen LogP contribution >= 0.6 is 0 Å². The Morgan fingerprint density at radius 3 is 1.00 bits per heavy atom. The first kappa shape index (κ1) is 26.3. The lowest BCUT2D eigenvalue weighted by atomic mass is 9.97. The van der Waals surface area contributed by atoms with E-state index in [1.54, 1.807) is 0 Å². The maximum atomic E-state index is 6.36. The van der Waals surface area contributed by atoms with Crippen molar-refractivity contribution in [3.8, 4) is 23.0 Å². The minimum Gasteiger partial charge on any atom is -0.551 e. The fourth-order valence-electron chi connectivity index (χ4n) is 5.81. The van der Waals surface area contributed by atoms with E-state index in [4.69, 9.17) is 36.6 Å². The number of fused-ring (bicyclic) bond motifs is 2. The third-order valence-electron chi connectivity index (χ3n) is 7.96. The standard InChI is InChI=1S/C36H24B2O8/c1-3-11-25(12-4-1)33-23-35(45-37(43-33)39-29-15-7-8-16-30(29)40-37)27-19-21-28(22-20-27)36-24-34(26-13-5-2-6-14-26)44-38(46-36)41-31-17-9-10-18-32(31)42-38/h1-24H. The summed E-state index contributed by atoms with van der Waals surface area (Å²) in [5.74, 6) is 4.39. The number of para-hydroxylation sites is 4. The van der Waals surface area contributed by atoms with E-state index in [1.807, 2.05) is 146 Å². The third kappa shape index (κ3) is 4.59. The molecule has 0 radical (unpaired) electrons. The molecule has 2 spiro atoms. The van der Waals surface area contributed by atoms with Crippen LogP contribution in [0.4, 0.5) is 0 Å². The van der Waals surface area contributed by atoms with Gasteiger partial charge in [0.05, 0.1) is 34.8 Å². The smallest absolute Gasteiger partial charge is 0.551 e. The van der Waals surface area contributed by atoms with Gasteiger partial charge in [-0.25, -0.2) is 0 Å². The Morgan fingerprint density at radius 2 is 0.652 bits per heavy atom. The quantitative estimate of drug-likeness (QED) is 0.161. The fraction of sp³-hybridized carbons (Fsp3) is 0. The molecule has 4 aliphatic rings. The molecule has 46 heavy (non-hydrogen) atoms. The Kier molecular flexibility index (Phi) is 5.83. The molecule has 0 atom stereocenters. The minimum absolute atomic E-state index is 0.529. The molecule has 0 bridgehead atoms. The first-order valence-corrected chi connectivity index (χ1v) is 15.0. The zero-order valence-electron chi connectivity index (χ0n) is 24.3. The summed E-state index contributed by atoms with van der Waals surface area (Å²) in [5, 5.41) is 0. The van der Waals surface area contributed by atoms with Crippen molar-refractivity contribution in [3.63, 3.8) is 0 Å². The van der Waals surface area contributed by atoms with Crippen LogP contribution in [0.25, 0.3) is 11.5 Å². The molecule has 0 saturated carbocycles. The third-order valence-corrected chi connectivity index (χ3v) is 7.96. The van der Waals surface area contributed by atoms with E-state index in [1.165, 1.54) is 0 Å². The second kappa shape index (κ2) is 10.2. The maximum absolute atomic E-state index is 6.36. The van der Waals surface area contributed by atoms with Gasteiger partial charge in [0.1, 0.15) is 23.0 Å². The molecule has 4 aliphatic heterocycles. The zero-order valence-corrected chi connectivity index (χ0v) is 24.3. The SMILES string of the molecule is C1=C(c2ccc(C3=CC(c4ccccc4)=[O+][B-]4(O3)Oc3ccccc3O4)cc2)O[B-]2(Oc3ccccc3O2)[O+]=C1c1ccccc1. The highest BCUT2D eigenvalue weighted by Gasteiger charge is 2.65. The van der Waals surface area contributed by atoms with Gasteiger partial charge < -0.3 is 36.6 Å². The Morgan fingerprint density at radius 1 is 0.326 bits per heavy atom. The minimum atomic E-state index is -2.64. The Bertz CT molecular complexity index is 1910. The molecule has 0 aliphatic carbocycles. The van der Waals surface area contributed by atoms with E-state index < -0.39 is 13.9 Å². The average Bonchev–Trinajstić information content (AvgIpc) is 3.65. The summed E-state index contributed by atoms with van der Waals surface area (Å²) in [6.45, 7) is -5.28. The van der Waals surface area contributed by atoms with Crippen LogP contribution in [0, 0.1) is 0 Å². The number of allylic oxidation sites excluding steroid dienone is 2. The van der Waals surface area contributed by atoms with Crippen LogP contribution in [0.1, 0.15) is 30.9 Å². The number of carbonyl (C=O) groups excluding carboxylic acids is 2. The number of hydrogen-bond acceptors (Lipinski definition) is 6. The Balaban J connectivity index is 1.06. The van der Waals surface area contributed by atoms with Crippen LogP contribution in [0.2, 0.25) is 0 Å². The van der Waals surface area contributed by atoms with Gasteiger partial charge in [0.15, 0.2) is 0 Å². The van der Waals surface area contributed by atoms with Gasteiger partial charge in [-0.2, -0.15) is 0 Å². The molecule has 0 aromatic heterocycles. The molecule has 9 rings (SSSR count). The highest BCUT2D eigenvalue weighted by Crippen LogP contribution is 2.43. The Hall–Kier alpha value is -6.15. The highest BCUT2D eigenvalue weighted by molar-refractivity contribution is 6.57. The van der Waals surface area contributed by atoms with Gasteiger partial charge in [-0.1, -0.05) is 84.9 Å².